The van der Waals surface area contributed by atoms with Crippen molar-refractivity contribution in [2.24, 2.45) is 5.92 Å². The molecule has 106 valence electrons. The fourth-order valence-corrected chi connectivity index (χ4v) is 3.03. The molecule has 3 nitrogen and oxygen atoms in total. The maximum Gasteiger partial charge on any atom is 0.134 e. The van der Waals surface area contributed by atoms with E-state index < -0.39 is 0 Å². The quantitative estimate of drug-likeness (QED) is 0.873. The van der Waals surface area contributed by atoms with Crippen LogP contribution in [0, 0.1) is 5.92 Å². The van der Waals surface area contributed by atoms with Crippen molar-refractivity contribution in [2.75, 3.05) is 26.2 Å². The molecular formula is C15H23BrN2O. The molecule has 2 N–H and O–H groups in total. The van der Waals surface area contributed by atoms with Gasteiger partial charge >= 0.3 is 0 Å². The molecule has 4 heteroatoms. The number of hydrogen-bond acceptors (Lipinski definition) is 3. The molecule has 0 unspecified atom stereocenters. The highest BCUT2D eigenvalue weighted by Gasteiger charge is 2.17. The molecule has 0 aliphatic carbocycles. The number of aromatic hydroxyl groups is 1. The van der Waals surface area contributed by atoms with Crippen molar-refractivity contribution in [3.05, 3.63) is 28.2 Å². The van der Waals surface area contributed by atoms with E-state index in [0.717, 1.165) is 29.0 Å². The second-order valence-corrected chi connectivity index (χ2v) is 6.11. The largest absolute Gasteiger partial charge is 0.506 e. The summed E-state index contributed by atoms with van der Waals surface area (Å²) >= 11 is 3.35. The summed E-state index contributed by atoms with van der Waals surface area (Å²) < 4.78 is 0.767. The first-order valence-corrected chi connectivity index (χ1v) is 7.89. The molecule has 1 aliphatic heterocycles. The molecule has 0 bridgehead atoms. The number of phenols is 1. The van der Waals surface area contributed by atoms with Crippen LogP contribution in [-0.2, 0) is 6.54 Å². The first-order chi connectivity index (χ1) is 9.20. The summed E-state index contributed by atoms with van der Waals surface area (Å²) in [5.41, 5.74) is 0.959. The Balaban J connectivity index is 1.74. The van der Waals surface area contributed by atoms with Gasteiger partial charge in [0.1, 0.15) is 5.75 Å². The number of hydrogen-bond donors (Lipinski definition) is 2. The molecule has 1 heterocycles. The molecule has 1 aromatic rings. The fraction of sp³-hybridized carbons (Fsp3) is 0.600. The van der Waals surface area contributed by atoms with Gasteiger partial charge in [-0.15, -0.1) is 0 Å². The van der Waals surface area contributed by atoms with E-state index in [9.17, 15) is 5.11 Å². The Morgan fingerprint density at radius 2 is 2.11 bits per heavy atom. The first-order valence-electron chi connectivity index (χ1n) is 7.10. The van der Waals surface area contributed by atoms with Crippen LogP contribution in [0.1, 0.15) is 25.3 Å². The van der Waals surface area contributed by atoms with Gasteiger partial charge in [0.05, 0.1) is 4.47 Å². The van der Waals surface area contributed by atoms with Crippen LogP contribution >= 0.6 is 15.9 Å². The monoisotopic (exact) mass is 326 g/mol. The van der Waals surface area contributed by atoms with Gasteiger partial charge in [-0.3, -0.25) is 0 Å². The smallest absolute Gasteiger partial charge is 0.134 e. The molecule has 2 rings (SSSR count). The Morgan fingerprint density at radius 3 is 2.79 bits per heavy atom. The summed E-state index contributed by atoms with van der Waals surface area (Å²) in [6.45, 7) is 7.64. The van der Waals surface area contributed by atoms with Crippen molar-refractivity contribution in [2.45, 2.75) is 26.3 Å². The molecule has 0 radical (unpaired) electrons. The molecule has 1 aromatic carbocycles. The molecule has 0 aromatic heterocycles. The van der Waals surface area contributed by atoms with Gasteiger partial charge in [0, 0.05) is 12.1 Å². The zero-order valence-electron chi connectivity index (χ0n) is 11.5. The number of phenolic OH excluding ortho intramolecular Hbond substituents is 1. The van der Waals surface area contributed by atoms with E-state index in [0.29, 0.717) is 5.75 Å². The molecule has 0 spiro atoms. The molecule has 0 saturated carbocycles. The number of piperidine rings is 1. The molecule has 19 heavy (non-hydrogen) atoms. The van der Waals surface area contributed by atoms with Gasteiger partial charge in [0.25, 0.3) is 0 Å². The van der Waals surface area contributed by atoms with E-state index in [1.54, 1.807) is 0 Å². The average molecular weight is 327 g/mol. The van der Waals surface area contributed by atoms with Gasteiger partial charge in [-0.05, 0) is 66.9 Å². The maximum atomic E-state index is 9.91. The molecule has 0 amide bonds. The van der Waals surface area contributed by atoms with Crippen LogP contribution in [0.4, 0.5) is 0 Å². The van der Waals surface area contributed by atoms with Gasteiger partial charge in [-0.1, -0.05) is 19.1 Å². The molecular weight excluding hydrogens is 304 g/mol. The van der Waals surface area contributed by atoms with Crippen LogP contribution in [-0.4, -0.2) is 36.2 Å². The highest BCUT2D eigenvalue weighted by molar-refractivity contribution is 9.10. The normalized spacial score (nSPS) is 17.8. The maximum absolute atomic E-state index is 9.91. The molecule has 1 aliphatic rings. The number of nitrogens with zero attached hydrogens (tertiary/aromatic N) is 1. The highest BCUT2D eigenvalue weighted by Crippen LogP contribution is 2.27. The van der Waals surface area contributed by atoms with Crippen LogP contribution in [0.3, 0.4) is 0 Å². The number of rotatable bonds is 5. The van der Waals surface area contributed by atoms with Crippen molar-refractivity contribution in [1.29, 1.82) is 0 Å². The van der Waals surface area contributed by atoms with Gasteiger partial charge in [0.15, 0.2) is 0 Å². The fourth-order valence-electron chi connectivity index (χ4n) is 2.62. The van der Waals surface area contributed by atoms with Crippen molar-refractivity contribution in [3.63, 3.8) is 0 Å². The van der Waals surface area contributed by atoms with E-state index in [1.807, 2.05) is 18.2 Å². The van der Waals surface area contributed by atoms with E-state index in [2.05, 4.69) is 33.1 Å². The predicted molar refractivity (Wildman–Crippen MR) is 82.4 cm³/mol. The minimum atomic E-state index is 0.357. The van der Waals surface area contributed by atoms with E-state index in [1.165, 1.54) is 32.5 Å². The SMILES string of the molecule is CCN1CCC(CNCc2cccc(Br)c2O)CC1. The van der Waals surface area contributed by atoms with E-state index >= 15 is 0 Å². The van der Waals surface area contributed by atoms with Crippen LogP contribution in [0.15, 0.2) is 22.7 Å². The Morgan fingerprint density at radius 1 is 1.37 bits per heavy atom. The number of para-hydroxylation sites is 1. The van der Waals surface area contributed by atoms with Crippen LogP contribution < -0.4 is 5.32 Å². The molecule has 0 atom stereocenters. The summed E-state index contributed by atoms with van der Waals surface area (Å²) in [6, 6.07) is 5.78. The number of nitrogens with one attached hydrogen (secondary N) is 1. The van der Waals surface area contributed by atoms with Crippen molar-refractivity contribution >= 4 is 15.9 Å². The average Bonchev–Trinajstić information content (AvgIpc) is 2.44. The van der Waals surface area contributed by atoms with Crippen LogP contribution in [0.25, 0.3) is 0 Å². The Kier molecular flexibility index (Phi) is 5.67. The lowest BCUT2D eigenvalue weighted by Crippen LogP contribution is -2.36. The summed E-state index contributed by atoms with van der Waals surface area (Å²) in [6.07, 6.45) is 2.57. The third-order valence-corrected chi connectivity index (χ3v) is 4.61. The third kappa shape index (κ3) is 4.20. The third-order valence-electron chi connectivity index (χ3n) is 3.97. The topological polar surface area (TPSA) is 35.5 Å². The van der Waals surface area contributed by atoms with Crippen molar-refractivity contribution < 1.29 is 5.11 Å². The highest BCUT2D eigenvalue weighted by atomic mass is 79.9. The van der Waals surface area contributed by atoms with Crippen LogP contribution in [0.2, 0.25) is 0 Å². The standard InChI is InChI=1S/C15H23BrN2O/c1-2-18-8-6-12(7-9-18)10-17-11-13-4-3-5-14(16)15(13)19/h3-5,12,17,19H,2,6-11H2,1H3. The van der Waals surface area contributed by atoms with E-state index in [-0.39, 0.29) is 0 Å². The summed E-state index contributed by atoms with van der Waals surface area (Å²) in [5.74, 6) is 1.13. The number of benzene rings is 1. The predicted octanol–water partition coefficient (Wildman–Crippen LogP) is 2.98. The van der Waals surface area contributed by atoms with Crippen LogP contribution in [0.5, 0.6) is 5.75 Å². The number of likely N-dealkylation sites (tertiary alicyclic amines) is 1. The zero-order valence-corrected chi connectivity index (χ0v) is 13.1. The van der Waals surface area contributed by atoms with E-state index in [4.69, 9.17) is 0 Å². The lowest BCUT2D eigenvalue weighted by molar-refractivity contribution is 0.190. The lowest BCUT2D eigenvalue weighted by atomic mass is 9.97. The summed E-state index contributed by atoms with van der Waals surface area (Å²) in [7, 11) is 0. The first kappa shape index (κ1) is 14.8. The van der Waals surface area contributed by atoms with Crippen molar-refractivity contribution in [3.8, 4) is 5.75 Å². The molecule has 1 saturated heterocycles. The van der Waals surface area contributed by atoms with Gasteiger partial charge in [-0.25, -0.2) is 0 Å². The van der Waals surface area contributed by atoms with Gasteiger partial charge < -0.3 is 15.3 Å². The second kappa shape index (κ2) is 7.27. The van der Waals surface area contributed by atoms with Gasteiger partial charge in [-0.2, -0.15) is 0 Å². The number of halogens is 1. The Bertz CT molecular complexity index is 403. The Hall–Kier alpha value is -0.580. The zero-order chi connectivity index (χ0) is 13.7. The molecule has 1 fully saturated rings. The van der Waals surface area contributed by atoms with Gasteiger partial charge in [0.2, 0.25) is 0 Å². The second-order valence-electron chi connectivity index (χ2n) is 5.26. The lowest BCUT2D eigenvalue weighted by Gasteiger charge is -2.31. The summed E-state index contributed by atoms with van der Waals surface area (Å²) in [5, 5.41) is 13.4. The minimum Gasteiger partial charge on any atom is -0.506 e. The Labute approximate surface area is 124 Å². The van der Waals surface area contributed by atoms with Crippen molar-refractivity contribution in [1.82, 2.24) is 10.2 Å². The summed E-state index contributed by atoms with van der Waals surface area (Å²) in [4.78, 5) is 2.51. The minimum absolute atomic E-state index is 0.357.